The van der Waals surface area contributed by atoms with Crippen molar-refractivity contribution >= 4 is 23.7 Å². The summed E-state index contributed by atoms with van der Waals surface area (Å²) in [7, 11) is 4.01. The number of primary amides is 1. The standard InChI is InChI=1S/C25H41N7O3/c1-18(22(27)33)29-24(35)21(17-19-11-5-4-6-12-19)30-23(34)20(26)13-7-8-14-28-25(31(2)3)32-15-9-10-16-32/h4-6,11-12,18,20-21H,7-10,13-17,26H2,1-3H3,(H2,27,33)(H,29,35)(H,30,34)/t18-,20-,21-/m0/s1. The van der Waals surface area contributed by atoms with E-state index in [1.807, 2.05) is 49.3 Å². The van der Waals surface area contributed by atoms with Gasteiger partial charge in [0.1, 0.15) is 12.1 Å². The van der Waals surface area contributed by atoms with Gasteiger partial charge in [0.15, 0.2) is 5.96 Å². The molecule has 1 aromatic carbocycles. The number of guanidine groups is 1. The van der Waals surface area contributed by atoms with Crippen LogP contribution in [0.2, 0.25) is 0 Å². The number of nitrogens with one attached hydrogen (secondary N) is 2. The lowest BCUT2D eigenvalue weighted by Crippen LogP contribution is -2.55. The van der Waals surface area contributed by atoms with Crippen LogP contribution in [0.25, 0.3) is 0 Å². The molecule has 3 amide bonds. The Bertz CT molecular complexity index is 854. The molecule has 0 aromatic heterocycles. The highest BCUT2D eigenvalue weighted by Crippen LogP contribution is 2.10. The van der Waals surface area contributed by atoms with Crippen LogP contribution in [0.15, 0.2) is 35.3 Å². The van der Waals surface area contributed by atoms with E-state index >= 15 is 0 Å². The van der Waals surface area contributed by atoms with Crippen LogP contribution in [0.1, 0.15) is 44.6 Å². The molecule has 0 bridgehead atoms. The van der Waals surface area contributed by atoms with Crippen molar-refractivity contribution in [3.63, 3.8) is 0 Å². The lowest BCUT2D eigenvalue weighted by molar-refractivity contribution is -0.131. The average molecular weight is 488 g/mol. The molecule has 1 aliphatic rings. The predicted octanol–water partition coefficient (Wildman–Crippen LogP) is 0.215. The minimum Gasteiger partial charge on any atom is -0.368 e. The number of rotatable bonds is 12. The molecule has 0 aliphatic carbocycles. The van der Waals surface area contributed by atoms with Crippen molar-refractivity contribution in [1.82, 2.24) is 20.4 Å². The second-order valence-electron chi connectivity index (χ2n) is 9.26. The van der Waals surface area contributed by atoms with Crippen molar-refractivity contribution in [1.29, 1.82) is 0 Å². The number of aliphatic imine (C=N–C) groups is 1. The van der Waals surface area contributed by atoms with Crippen LogP contribution in [0.5, 0.6) is 0 Å². The molecule has 10 heteroatoms. The summed E-state index contributed by atoms with van der Waals surface area (Å²) < 4.78 is 0. The van der Waals surface area contributed by atoms with Crippen molar-refractivity contribution in [2.24, 2.45) is 16.5 Å². The van der Waals surface area contributed by atoms with E-state index in [-0.39, 0.29) is 6.42 Å². The second-order valence-corrected chi connectivity index (χ2v) is 9.26. The molecule has 10 nitrogen and oxygen atoms in total. The van der Waals surface area contributed by atoms with E-state index in [0.717, 1.165) is 37.5 Å². The summed E-state index contributed by atoms with van der Waals surface area (Å²) in [5, 5.41) is 5.31. The Morgan fingerprint density at radius 2 is 1.71 bits per heavy atom. The minimum atomic E-state index is -0.870. The summed E-state index contributed by atoms with van der Waals surface area (Å²) in [6.07, 6.45) is 4.71. The maximum Gasteiger partial charge on any atom is 0.243 e. The summed E-state index contributed by atoms with van der Waals surface area (Å²) in [6.45, 7) is 4.25. The van der Waals surface area contributed by atoms with E-state index in [0.29, 0.717) is 13.0 Å². The Hall–Kier alpha value is -3.14. The monoisotopic (exact) mass is 487 g/mol. The van der Waals surface area contributed by atoms with E-state index in [2.05, 4.69) is 15.5 Å². The summed E-state index contributed by atoms with van der Waals surface area (Å²) in [6, 6.07) is 6.87. The molecule has 1 aromatic rings. The van der Waals surface area contributed by atoms with Gasteiger partial charge in [-0.3, -0.25) is 19.4 Å². The summed E-state index contributed by atoms with van der Waals surface area (Å²) >= 11 is 0. The van der Waals surface area contributed by atoms with Crippen molar-refractivity contribution in [2.75, 3.05) is 33.7 Å². The SMILES string of the molecule is C[C@H](NC(=O)[C@H](Cc1ccccc1)NC(=O)[C@@H](N)CCCCN=C(N(C)C)N1CCCC1)C(N)=O. The molecular formula is C25H41N7O3. The average Bonchev–Trinajstić information content (AvgIpc) is 3.35. The highest BCUT2D eigenvalue weighted by Gasteiger charge is 2.26. The van der Waals surface area contributed by atoms with Gasteiger partial charge in [0, 0.05) is 40.2 Å². The van der Waals surface area contributed by atoms with Gasteiger partial charge in [-0.1, -0.05) is 30.3 Å². The number of hydrogen-bond acceptors (Lipinski definition) is 5. The molecule has 0 unspecified atom stereocenters. The van der Waals surface area contributed by atoms with E-state index < -0.39 is 35.8 Å². The first kappa shape index (κ1) is 28.1. The molecule has 1 saturated heterocycles. The molecule has 0 spiro atoms. The van der Waals surface area contributed by atoms with Gasteiger partial charge in [0.05, 0.1) is 6.04 Å². The normalized spacial score (nSPS) is 16.3. The van der Waals surface area contributed by atoms with E-state index in [4.69, 9.17) is 16.5 Å². The van der Waals surface area contributed by atoms with Gasteiger partial charge in [-0.15, -0.1) is 0 Å². The quantitative estimate of drug-likeness (QED) is 0.188. The van der Waals surface area contributed by atoms with Crippen LogP contribution in [-0.2, 0) is 20.8 Å². The fourth-order valence-corrected chi connectivity index (χ4v) is 3.95. The van der Waals surface area contributed by atoms with Gasteiger partial charge in [-0.2, -0.15) is 0 Å². The molecule has 0 radical (unpaired) electrons. The Labute approximate surface area is 208 Å². The number of carbonyl (C=O) groups is 3. The van der Waals surface area contributed by atoms with Gasteiger partial charge >= 0.3 is 0 Å². The molecule has 194 valence electrons. The highest BCUT2D eigenvalue weighted by molar-refractivity contribution is 5.92. The molecule has 35 heavy (non-hydrogen) atoms. The third-order valence-electron chi connectivity index (χ3n) is 6.00. The lowest BCUT2D eigenvalue weighted by atomic mass is 10.0. The number of nitrogens with two attached hydrogens (primary N) is 2. The fraction of sp³-hybridized carbons (Fsp3) is 0.600. The van der Waals surface area contributed by atoms with Crippen molar-refractivity contribution in [3.05, 3.63) is 35.9 Å². The molecule has 1 aliphatic heterocycles. The van der Waals surface area contributed by atoms with Gasteiger partial charge in [0.2, 0.25) is 17.7 Å². The highest BCUT2D eigenvalue weighted by atomic mass is 16.2. The zero-order valence-electron chi connectivity index (χ0n) is 21.2. The smallest absolute Gasteiger partial charge is 0.243 e. The zero-order chi connectivity index (χ0) is 25.8. The summed E-state index contributed by atoms with van der Waals surface area (Å²) in [5.74, 6) is -0.523. The van der Waals surface area contributed by atoms with Gasteiger partial charge in [0.25, 0.3) is 0 Å². The molecule has 6 N–H and O–H groups in total. The van der Waals surface area contributed by atoms with Crippen LogP contribution in [0, 0.1) is 0 Å². The van der Waals surface area contributed by atoms with E-state index in [9.17, 15) is 14.4 Å². The third kappa shape index (κ3) is 9.56. The van der Waals surface area contributed by atoms with Gasteiger partial charge in [-0.25, -0.2) is 0 Å². The van der Waals surface area contributed by atoms with Crippen molar-refractivity contribution in [3.8, 4) is 0 Å². The third-order valence-corrected chi connectivity index (χ3v) is 6.00. The molecule has 1 fully saturated rings. The summed E-state index contributed by atoms with van der Waals surface area (Å²) in [4.78, 5) is 46.0. The van der Waals surface area contributed by atoms with E-state index in [1.165, 1.54) is 19.8 Å². The molecule has 2 rings (SSSR count). The van der Waals surface area contributed by atoms with Crippen molar-refractivity contribution in [2.45, 2.75) is 63.6 Å². The Kier molecular flexibility index (Phi) is 11.5. The van der Waals surface area contributed by atoms with Crippen molar-refractivity contribution < 1.29 is 14.4 Å². The van der Waals surface area contributed by atoms with Gasteiger partial charge in [-0.05, 0) is 44.6 Å². The topological polar surface area (TPSA) is 146 Å². The van der Waals surface area contributed by atoms with Crippen LogP contribution in [-0.4, -0.2) is 85.3 Å². The first-order valence-electron chi connectivity index (χ1n) is 12.3. The number of benzene rings is 1. The van der Waals surface area contributed by atoms with Gasteiger partial charge < -0.3 is 31.9 Å². The number of amides is 3. The Morgan fingerprint density at radius 3 is 2.31 bits per heavy atom. The van der Waals surface area contributed by atoms with Crippen LogP contribution >= 0.6 is 0 Å². The van der Waals surface area contributed by atoms with E-state index in [1.54, 1.807) is 0 Å². The Balaban J connectivity index is 1.87. The van der Waals surface area contributed by atoms with Crippen LogP contribution in [0.4, 0.5) is 0 Å². The second kappa shape index (κ2) is 14.3. The number of likely N-dealkylation sites (tertiary alicyclic amines) is 1. The largest absolute Gasteiger partial charge is 0.368 e. The number of nitrogens with zero attached hydrogens (tertiary/aromatic N) is 3. The maximum atomic E-state index is 12.8. The number of carbonyl (C=O) groups excluding carboxylic acids is 3. The first-order chi connectivity index (χ1) is 16.7. The fourth-order valence-electron chi connectivity index (χ4n) is 3.95. The lowest BCUT2D eigenvalue weighted by Gasteiger charge is -2.26. The molecule has 1 heterocycles. The molecule has 0 saturated carbocycles. The first-order valence-corrected chi connectivity index (χ1v) is 12.3. The van der Waals surface area contributed by atoms with Crippen LogP contribution < -0.4 is 22.1 Å². The van der Waals surface area contributed by atoms with Crippen LogP contribution in [0.3, 0.4) is 0 Å². The number of hydrogen-bond donors (Lipinski definition) is 4. The summed E-state index contributed by atoms with van der Waals surface area (Å²) in [5.41, 5.74) is 12.3. The number of unbranched alkanes of at least 4 members (excludes halogenated alkanes) is 1. The Morgan fingerprint density at radius 1 is 1.06 bits per heavy atom. The molecule has 3 atom stereocenters. The predicted molar refractivity (Wildman–Crippen MR) is 137 cm³/mol. The molecular weight excluding hydrogens is 446 g/mol. The maximum absolute atomic E-state index is 12.8. The minimum absolute atomic E-state index is 0.273. The zero-order valence-corrected chi connectivity index (χ0v) is 21.2.